The Morgan fingerprint density at radius 3 is 2.58 bits per heavy atom. The number of aliphatic hydroxyl groups is 1. The third-order valence-corrected chi connectivity index (χ3v) is 4.34. The number of para-hydroxylation sites is 1. The highest BCUT2D eigenvalue weighted by atomic mass is 16.3. The second-order valence-electron chi connectivity index (χ2n) is 6.14. The Morgan fingerprint density at radius 1 is 1.26 bits per heavy atom. The molecule has 3 nitrogen and oxygen atoms in total. The van der Waals surface area contributed by atoms with E-state index in [-0.39, 0.29) is 11.6 Å². The van der Waals surface area contributed by atoms with E-state index < -0.39 is 0 Å². The lowest BCUT2D eigenvalue weighted by Gasteiger charge is -2.46. The lowest BCUT2D eigenvalue weighted by Crippen LogP contribution is -2.57. The first-order chi connectivity index (χ1) is 8.95. The van der Waals surface area contributed by atoms with E-state index in [1.54, 1.807) is 0 Å². The van der Waals surface area contributed by atoms with Crippen LogP contribution in [0.1, 0.15) is 38.9 Å². The second-order valence-corrected chi connectivity index (χ2v) is 6.14. The zero-order valence-electron chi connectivity index (χ0n) is 12.6. The smallest absolute Gasteiger partial charge is 0.0807 e. The monoisotopic (exact) mass is 262 g/mol. The summed E-state index contributed by atoms with van der Waals surface area (Å²) < 4.78 is 0. The van der Waals surface area contributed by atoms with Gasteiger partial charge in [0.15, 0.2) is 0 Å². The molecule has 0 spiro atoms. The Bertz CT molecular complexity index is 431. The SMILES string of the molecule is CC[C@H](O)c1ccccc1N1CCN(C)C(C)(C)C1. The maximum absolute atomic E-state index is 10.2. The van der Waals surface area contributed by atoms with Crippen LogP contribution in [-0.2, 0) is 0 Å². The van der Waals surface area contributed by atoms with Crippen molar-refractivity contribution in [1.82, 2.24) is 4.90 Å². The van der Waals surface area contributed by atoms with E-state index in [9.17, 15) is 5.11 Å². The normalized spacial score (nSPS) is 21.4. The summed E-state index contributed by atoms with van der Waals surface area (Å²) >= 11 is 0. The van der Waals surface area contributed by atoms with Gasteiger partial charge >= 0.3 is 0 Å². The molecule has 2 rings (SSSR count). The van der Waals surface area contributed by atoms with Crippen molar-refractivity contribution in [3.63, 3.8) is 0 Å². The molecule has 19 heavy (non-hydrogen) atoms. The maximum Gasteiger partial charge on any atom is 0.0807 e. The van der Waals surface area contributed by atoms with Gasteiger partial charge in [-0.15, -0.1) is 0 Å². The fourth-order valence-corrected chi connectivity index (χ4v) is 2.72. The molecule has 1 aromatic rings. The molecule has 1 N–H and O–H groups in total. The third kappa shape index (κ3) is 2.93. The van der Waals surface area contributed by atoms with Crippen molar-refractivity contribution in [1.29, 1.82) is 0 Å². The van der Waals surface area contributed by atoms with Gasteiger partial charge in [0.1, 0.15) is 0 Å². The average molecular weight is 262 g/mol. The van der Waals surface area contributed by atoms with Crippen LogP contribution in [0.2, 0.25) is 0 Å². The molecule has 0 saturated carbocycles. The molecule has 1 heterocycles. The van der Waals surface area contributed by atoms with Crippen LogP contribution in [0.15, 0.2) is 24.3 Å². The van der Waals surface area contributed by atoms with E-state index in [0.717, 1.165) is 31.6 Å². The number of piperazine rings is 1. The molecule has 0 aliphatic carbocycles. The highest BCUT2D eigenvalue weighted by molar-refractivity contribution is 5.55. The number of likely N-dealkylation sites (N-methyl/N-ethyl adjacent to an activating group) is 1. The highest BCUT2D eigenvalue weighted by Gasteiger charge is 2.32. The van der Waals surface area contributed by atoms with Crippen LogP contribution < -0.4 is 4.90 Å². The molecule has 1 atom stereocenters. The second kappa shape index (κ2) is 5.51. The largest absolute Gasteiger partial charge is 0.388 e. The van der Waals surface area contributed by atoms with Gasteiger partial charge in [-0.1, -0.05) is 25.1 Å². The van der Waals surface area contributed by atoms with E-state index in [4.69, 9.17) is 0 Å². The van der Waals surface area contributed by atoms with Crippen molar-refractivity contribution in [3.05, 3.63) is 29.8 Å². The highest BCUT2D eigenvalue weighted by Crippen LogP contribution is 2.31. The number of aliphatic hydroxyl groups excluding tert-OH is 1. The van der Waals surface area contributed by atoms with E-state index in [2.05, 4.69) is 48.9 Å². The number of hydrogen-bond acceptors (Lipinski definition) is 3. The standard InChI is InChI=1S/C16H26N2O/c1-5-15(19)13-8-6-7-9-14(13)18-11-10-17(4)16(2,3)12-18/h6-9,15,19H,5,10-12H2,1-4H3/t15-/m0/s1. The molecule has 1 fully saturated rings. The van der Waals surface area contributed by atoms with Gasteiger partial charge in [0.25, 0.3) is 0 Å². The van der Waals surface area contributed by atoms with Crippen molar-refractivity contribution >= 4 is 5.69 Å². The fraction of sp³-hybridized carbons (Fsp3) is 0.625. The average Bonchev–Trinajstić information content (AvgIpc) is 2.41. The van der Waals surface area contributed by atoms with Crippen LogP contribution in [0.5, 0.6) is 0 Å². The molecule has 106 valence electrons. The summed E-state index contributed by atoms with van der Waals surface area (Å²) in [5.41, 5.74) is 2.42. The van der Waals surface area contributed by atoms with Gasteiger partial charge in [0, 0.05) is 36.4 Å². The van der Waals surface area contributed by atoms with Crippen LogP contribution in [0.4, 0.5) is 5.69 Å². The molecular formula is C16H26N2O. The van der Waals surface area contributed by atoms with Crippen LogP contribution in [0.3, 0.4) is 0 Å². The predicted octanol–water partition coefficient (Wildman–Crippen LogP) is 2.66. The van der Waals surface area contributed by atoms with E-state index in [1.807, 2.05) is 13.0 Å². The van der Waals surface area contributed by atoms with Gasteiger partial charge in [-0.2, -0.15) is 0 Å². The topological polar surface area (TPSA) is 26.7 Å². The molecule has 3 heteroatoms. The van der Waals surface area contributed by atoms with E-state index in [0.29, 0.717) is 0 Å². The van der Waals surface area contributed by atoms with Gasteiger partial charge < -0.3 is 10.0 Å². The van der Waals surface area contributed by atoms with Crippen LogP contribution in [0, 0.1) is 0 Å². The van der Waals surface area contributed by atoms with Crippen molar-refractivity contribution in [2.45, 2.75) is 38.8 Å². The molecule has 0 unspecified atom stereocenters. The number of nitrogens with zero attached hydrogens (tertiary/aromatic N) is 2. The molecular weight excluding hydrogens is 236 g/mol. The summed E-state index contributed by atoms with van der Waals surface area (Å²) in [7, 11) is 2.18. The third-order valence-electron chi connectivity index (χ3n) is 4.34. The van der Waals surface area contributed by atoms with Crippen LogP contribution >= 0.6 is 0 Å². The first-order valence-corrected chi connectivity index (χ1v) is 7.19. The Morgan fingerprint density at radius 2 is 1.95 bits per heavy atom. The molecule has 0 amide bonds. The number of hydrogen-bond donors (Lipinski definition) is 1. The summed E-state index contributed by atoms with van der Waals surface area (Å²) in [5, 5.41) is 10.2. The van der Waals surface area contributed by atoms with Gasteiger partial charge in [-0.05, 0) is 33.4 Å². The Hall–Kier alpha value is -1.06. The number of anilines is 1. The van der Waals surface area contributed by atoms with Crippen molar-refractivity contribution in [3.8, 4) is 0 Å². The number of benzene rings is 1. The molecule has 0 radical (unpaired) electrons. The van der Waals surface area contributed by atoms with Gasteiger partial charge in [0.05, 0.1) is 6.10 Å². The minimum Gasteiger partial charge on any atom is -0.388 e. The zero-order valence-corrected chi connectivity index (χ0v) is 12.6. The summed E-state index contributed by atoms with van der Waals surface area (Å²) in [4.78, 5) is 4.82. The lowest BCUT2D eigenvalue weighted by atomic mass is 9.97. The Balaban J connectivity index is 2.27. The fourth-order valence-electron chi connectivity index (χ4n) is 2.72. The van der Waals surface area contributed by atoms with Gasteiger partial charge in [0.2, 0.25) is 0 Å². The molecule has 1 saturated heterocycles. The lowest BCUT2D eigenvalue weighted by molar-refractivity contribution is 0.137. The summed E-state index contributed by atoms with van der Waals surface area (Å²) in [6, 6.07) is 8.26. The van der Waals surface area contributed by atoms with Crippen molar-refractivity contribution in [2.24, 2.45) is 0 Å². The number of rotatable bonds is 3. The van der Waals surface area contributed by atoms with E-state index >= 15 is 0 Å². The zero-order chi connectivity index (χ0) is 14.0. The Kier molecular flexibility index (Phi) is 4.16. The first-order valence-electron chi connectivity index (χ1n) is 7.19. The van der Waals surface area contributed by atoms with Crippen molar-refractivity contribution < 1.29 is 5.11 Å². The Labute approximate surface area is 116 Å². The van der Waals surface area contributed by atoms with Gasteiger partial charge in [-0.25, -0.2) is 0 Å². The molecule has 0 bridgehead atoms. The van der Waals surface area contributed by atoms with Crippen LogP contribution in [-0.4, -0.2) is 42.2 Å². The molecule has 1 aliphatic heterocycles. The molecule has 0 aromatic heterocycles. The van der Waals surface area contributed by atoms with Gasteiger partial charge in [-0.3, -0.25) is 4.90 Å². The summed E-state index contributed by atoms with van der Waals surface area (Å²) in [6.07, 6.45) is 0.396. The molecule has 1 aliphatic rings. The quantitative estimate of drug-likeness (QED) is 0.907. The molecule has 1 aromatic carbocycles. The predicted molar refractivity (Wildman–Crippen MR) is 80.6 cm³/mol. The summed E-state index contributed by atoms with van der Waals surface area (Å²) in [6.45, 7) is 9.65. The van der Waals surface area contributed by atoms with E-state index in [1.165, 1.54) is 5.69 Å². The minimum atomic E-state index is -0.362. The van der Waals surface area contributed by atoms with Crippen LogP contribution in [0.25, 0.3) is 0 Å². The maximum atomic E-state index is 10.2. The van der Waals surface area contributed by atoms with Crippen molar-refractivity contribution in [2.75, 3.05) is 31.6 Å². The minimum absolute atomic E-state index is 0.169. The first kappa shape index (κ1) is 14.4. The summed E-state index contributed by atoms with van der Waals surface area (Å²) in [5.74, 6) is 0.